The van der Waals surface area contributed by atoms with Gasteiger partial charge in [0.2, 0.25) is 5.91 Å². The van der Waals surface area contributed by atoms with E-state index in [1.54, 1.807) is 20.8 Å². The van der Waals surface area contributed by atoms with E-state index in [9.17, 15) is 14.4 Å². The summed E-state index contributed by atoms with van der Waals surface area (Å²) in [6, 6.07) is -0.971. The average molecular weight is 759 g/mol. The number of benzene rings is 1. The molecule has 0 aromatic heterocycles. The number of hydrogen-bond donors (Lipinski definition) is 3. The van der Waals surface area contributed by atoms with Gasteiger partial charge in [0.15, 0.2) is 0 Å². The van der Waals surface area contributed by atoms with Crippen LogP contribution in [-0.2, 0) is 20.7 Å². The Bertz CT molecular complexity index is 1320. The summed E-state index contributed by atoms with van der Waals surface area (Å²) >= 11 is 0. The second-order valence-corrected chi connectivity index (χ2v) is 18.1. The van der Waals surface area contributed by atoms with Gasteiger partial charge in [-0.3, -0.25) is 9.59 Å². The number of fused-ring (bicyclic) bond motifs is 1. The zero-order chi connectivity index (χ0) is 40.5. The molecule has 9 nitrogen and oxygen atoms in total. The van der Waals surface area contributed by atoms with Gasteiger partial charge in [-0.2, -0.15) is 0 Å². The van der Waals surface area contributed by atoms with Crippen molar-refractivity contribution >= 4 is 18.0 Å². The number of amides is 2. The SMILES string of the molecule is Cc1c(C)c2c(c(C)c1OCCCCCCNC(=O)C(CCC(=O)O)NC(=O)OC(C)(C)C)CC[C@@](C)(CCCC(C)CCCC(C)CCCC(C)C)O2. The van der Waals surface area contributed by atoms with E-state index in [4.69, 9.17) is 19.3 Å². The van der Waals surface area contributed by atoms with E-state index < -0.39 is 29.6 Å². The van der Waals surface area contributed by atoms with Crippen molar-refractivity contribution in [1.82, 2.24) is 10.6 Å². The molecular formula is C45H78N2O7. The van der Waals surface area contributed by atoms with E-state index in [2.05, 4.69) is 66.0 Å². The molecule has 0 radical (unpaired) electrons. The Balaban J connectivity index is 1.76. The highest BCUT2D eigenvalue weighted by Crippen LogP contribution is 2.45. The minimum atomic E-state index is -1.03. The van der Waals surface area contributed by atoms with Gasteiger partial charge < -0.3 is 30.0 Å². The summed E-state index contributed by atoms with van der Waals surface area (Å²) in [5.41, 5.74) is 3.98. The molecule has 1 aromatic carbocycles. The number of carboxylic acid groups (broad SMARTS) is 1. The van der Waals surface area contributed by atoms with E-state index in [0.717, 1.165) is 79.8 Å². The highest BCUT2D eigenvalue weighted by Gasteiger charge is 2.34. The molecule has 3 unspecified atom stereocenters. The van der Waals surface area contributed by atoms with Crippen molar-refractivity contribution in [1.29, 1.82) is 0 Å². The number of ether oxygens (including phenoxy) is 3. The van der Waals surface area contributed by atoms with E-state index >= 15 is 0 Å². The van der Waals surface area contributed by atoms with Gasteiger partial charge in [0.05, 0.1) is 6.61 Å². The van der Waals surface area contributed by atoms with Gasteiger partial charge in [0.25, 0.3) is 0 Å². The van der Waals surface area contributed by atoms with Crippen molar-refractivity contribution in [3.8, 4) is 11.5 Å². The van der Waals surface area contributed by atoms with Crippen molar-refractivity contribution in [2.45, 2.75) is 203 Å². The summed E-state index contributed by atoms with van der Waals surface area (Å²) in [5, 5.41) is 14.4. The minimum Gasteiger partial charge on any atom is -0.493 e. The van der Waals surface area contributed by atoms with Gasteiger partial charge >= 0.3 is 12.1 Å². The molecule has 0 saturated heterocycles. The predicted octanol–water partition coefficient (Wildman–Crippen LogP) is 10.9. The first-order valence-electron chi connectivity index (χ1n) is 21.2. The van der Waals surface area contributed by atoms with E-state index in [1.165, 1.54) is 68.1 Å². The van der Waals surface area contributed by atoms with E-state index in [-0.39, 0.29) is 18.4 Å². The number of nitrogens with one attached hydrogen (secondary N) is 2. The summed E-state index contributed by atoms with van der Waals surface area (Å²) in [4.78, 5) is 36.0. The molecule has 2 rings (SSSR count). The lowest BCUT2D eigenvalue weighted by Gasteiger charge is -2.38. The van der Waals surface area contributed by atoms with Crippen LogP contribution in [-0.4, -0.2) is 53.5 Å². The van der Waals surface area contributed by atoms with Crippen LogP contribution in [0.1, 0.15) is 180 Å². The second kappa shape index (κ2) is 23.2. The van der Waals surface area contributed by atoms with Crippen LogP contribution >= 0.6 is 0 Å². The number of unbranched alkanes of at least 4 members (excludes halogenated alkanes) is 3. The van der Waals surface area contributed by atoms with Gasteiger partial charge in [-0.1, -0.05) is 85.5 Å². The van der Waals surface area contributed by atoms with Crippen molar-refractivity contribution in [2.24, 2.45) is 17.8 Å². The average Bonchev–Trinajstić information content (AvgIpc) is 3.06. The molecule has 0 saturated carbocycles. The van der Waals surface area contributed by atoms with Crippen LogP contribution in [0.4, 0.5) is 4.79 Å². The molecule has 9 heteroatoms. The van der Waals surface area contributed by atoms with Crippen LogP contribution in [0.5, 0.6) is 11.5 Å². The number of carbonyl (C=O) groups excluding carboxylic acids is 2. The molecule has 0 aliphatic carbocycles. The smallest absolute Gasteiger partial charge is 0.408 e. The number of aliphatic carboxylic acids is 1. The monoisotopic (exact) mass is 759 g/mol. The van der Waals surface area contributed by atoms with Crippen LogP contribution < -0.4 is 20.1 Å². The fourth-order valence-corrected chi connectivity index (χ4v) is 7.55. The van der Waals surface area contributed by atoms with Gasteiger partial charge in [-0.25, -0.2) is 4.79 Å². The topological polar surface area (TPSA) is 123 Å². The molecule has 0 spiro atoms. The van der Waals surface area contributed by atoms with Gasteiger partial charge in [-0.05, 0) is 128 Å². The molecule has 1 heterocycles. The van der Waals surface area contributed by atoms with Crippen molar-refractivity contribution in [3.63, 3.8) is 0 Å². The number of carboxylic acids is 1. The minimum absolute atomic E-state index is 0.0118. The summed E-state index contributed by atoms with van der Waals surface area (Å²) < 4.78 is 18.5. The third kappa shape index (κ3) is 17.7. The number of alkyl carbamates (subject to hydrolysis) is 1. The lowest BCUT2D eigenvalue weighted by atomic mass is 9.83. The molecule has 3 N–H and O–H groups in total. The van der Waals surface area contributed by atoms with E-state index in [0.29, 0.717) is 13.2 Å². The zero-order valence-corrected chi connectivity index (χ0v) is 36.1. The largest absolute Gasteiger partial charge is 0.493 e. The number of hydrogen-bond acceptors (Lipinski definition) is 6. The molecule has 1 aliphatic heterocycles. The molecule has 1 aromatic rings. The molecule has 310 valence electrons. The first-order valence-corrected chi connectivity index (χ1v) is 21.2. The van der Waals surface area contributed by atoms with Gasteiger partial charge in [0, 0.05) is 18.5 Å². The molecular weight excluding hydrogens is 681 g/mol. The molecule has 1 aliphatic rings. The van der Waals surface area contributed by atoms with Crippen LogP contribution in [0, 0.1) is 38.5 Å². The van der Waals surface area contributed by atoms with Crippen LogP contribution in [0.2, 0.25) is 0 Å². The molecule has 0 bridgehead atoms. The maximum absolute atomic E-state index is 12.7. The Labute approximate surface area is 328 Å². The Morgan fingerprint density at radius 3 is 2.04 bits per heavy atom. The van der Waals surface area contributed by atoms with Crippen molar-refractivity contribution < 1.29 is 33.7 Å². The van der Waals surface area contributed by atoms with Crippen LogP contribution in [0.3, 0.4) is 0 Å². The summed E-state index contributed by atoms with van der Waals surface area (Å²) in [6.45, 7) is 24.5. The molecule has 4 atom stereocenters. The molecule has 2 amide bonds. The number of rotatable bonds is 25. The normalized spacial score (nSPS) is 17.3. The van der Waals surface area contributed by atoms with Crippen molar-refractivity contribution in [2.75, 3.05) is 13.2 Å². The molecule has 54 heavy (non-hydrogen) atoms. The Hall–Kier alpha value is -2.97. The third-order valence-electron chi connectivity index (χ3n) is 11.1. The Kier molecular flexibility index (Phi) is 20.3. The van der Waals surface area contributed by atoms with E-state index in [1.807, 2.05) is 0 Å². The molecule has 0 fully saturated rings. The summed E-state index contributed by atoms with van der Waals surface area (Å²) in [5.74, 6) is 3.06. The highest BCUT2D eigenvalue weighted by molar-refractivity contribution is 5.86. The standard InChI is InChI=1S/C45H78N2O7/c1-31(2)19-16-20-32(3)21-17-22-33(4)23-18-27-45(11)28-26-37-36(7)40(34(5)35(6)41(37)53-45)52-30-15-13-12-14-29-46-42(50)38(24-25-39(48)49)47-43(51)54-44(8,9)10/h31-33,38H,12-30H2,1-11H3,(H,46,50)(H,47,51)(H,48,49)/t32?,33?,38?,45-/m1/s1. The maximum Gasteiger partial charge on any atom is 0.408 e. The third-order valence-corrected chi connectivity index (χ3v) is 11.1. The highest BCUT2D eigenvalue weighted by atomic mass is 16.6. The quantitative estimate of drug-likeness (QED) is 0.0848. The Morgan fingerprint density at radius 2 is 1.43 bits per heavy atom. The fourth-order valence-electron chi connectivity index (χ4n) is 7.55. The summed E-state index contributed by atoms with van der Waals surface area (Å²) in [7, 11) is 0. The summed E-state index contributed by atoms with van der Waals surface area (Å²) in [6.07, 6.45) is 16.3. The van der Waals surface area contributed by atoms with Crippen LogP contribution in [0.15, 0.2) is 0 Å². The Morgan fingerprint density at radius 1 is 0.815 bits per heavy atom. The van der Waals surface area contributed by atoms with Gasteiger partial charge in [0.1, 0.15) is 28.7 Å². The fraction of sp³-hybridized carbons (Fsp3) is 0.800. The first kappa shape index (κ1) is 47.2. The van der Waals surface area contributed by atoms with Crippen molar-refractivity contribution in [3.05, 3.63) is 22.3 Å². The van der Waals surface area contributed by atoms with Crippen LogP contribution in [0.25, 0.3) is 0 Å². The maximum atomic E-state index is 12.7. The predicted molar refractivity (Wildman–Crippen MR) is 220 cm³/mol. The number of carbonyl (C=O) groups is 3. The zero-order valence-electron chi connectivity index (χ0n) is 36.1. The lowest BCUT2D eigenvalue weighted by molar-refractivity contribution is -0.137. The first-order chi connectivity index (χ1) is 25.3. The lowest BCUT2D eigenvalue weighted by Crippen LogP contribution is -2.48. The van der Waals surface area contributed by atoms with Gasteiger partial charge in [-0.15, -0.1) is 0 Å². The second-order valence-electron chi connectivity index (χ2n) is 18.1.